The van der Waals surface area contributed by atoms with Gasteiger partial charge in [0, 0.05) is 11.8 Å². The van der Waals surface area contributed by atoms with E-state index < -0.39 is 0 Å². The average Bonchev–Trinajstić information content (AvgIpc) is 2.66. The standard InChI is InChI=1S/C12H24N6/c1-5-10(13)16-8(4)11-9(7(2)3)6-18(17-15)12(11)14/h5-8,16-17H,13-15H2,1-4H3/b10-5-. The Morgan fingerprint density at radius 3 is 2.44 bits per heavy atom. The van der Waals surface area contributed by atoms with Crippen LogP contribution in [0.4, 0.5) is 5.82 Å². The van der Waals surface area contributed by atoms with E-state index in [9.17, 15) is 0 Å². The van der Waals surface area contributed by atoms with Gasteiger partial charge in [-0.1, -0.05) is 13.8 Å². The number of nitrogens with one attached hydrogen (secondary N) is 2. The van der Waals surface area contributed by atoms with Crippen molar-refractivity contribution in [1.29, 1.82) is 0 Å². The highest BCUT2D eigenvalue weighted by Crippen LogP contribution is 2.31. The summed E-state index contributed by atoms with van der Waals surface area (Å²) in [5, 5.41) is 3.20. The second-order valence-electron chi connectivity index (χ2n) is 4.65. The number of allylic oxidation sites excluding steroid dienone is 1. The van der Waals surface area contributed by atoms with E-state index in [-0.39, 0.29) is 6.04 Å². The summed E-state index contributed by atoms with van der Waals surface area (Å²) in [6.07, 6.45) is 3.74. The summed E-state index contributed by atoms with van der Waals surface area (Å²) in [6, 6.07) is 0.0215. The molecule has 6 heteroatoms. The summed E-state index contributed by atoms with van der Waals surface area (Å²) in [4.78, 5) is 0. The van der Waals surface area contributed by atoms with Crippen LogP contribution in [0.2, 0.25) is 0 Å². The van der Waals surface area contributed by atoms with Gasteiger partial charge in [0.05, 0.1) is 11.9 Å². The molecule has 0 saturated heterocycles. The maximum Gasteiger partial charge on any atom is 0.129 e. The number of hydrogen-bond acceptors (Lipinski definition) is 5. The molecular formula is C12H24N6. The SMILES string of the molecule is C/C=C(/N)NC(C)c1c(C(C)C)cn(NN)c1N. The second-order valence-corrected chi connectivity index (χ2v) is 4.65. The lowest BCUT2D eigenvalue weighted by molar-refractivity contribution is 0.637. The van der Waals surface area contributed by atoms with Crippen LogP contribution in [-0.2, 0) is 0 Å². The Bertz CT molecular complexity index is 432. The van der Waals surface area contributed by atoms with Gasteiger partial charge in [-0.15, -0.1) is 0 Å². The smallest absolute Gasteiger partial charge is 0.129 e. The van der Waals surface area contributed by atoms with Crippen molar-refractivity contribution in [1.82, 2.24) is 9.99 Å². The van der Waals surface area contributed by atoms with Gasteiger partial charge >= 0.3 is 0 Å². The lowest BCUT2D eigenvalue weighted by Gasteiger charge is -2.18. The Morgan fingerprint density at radius 2 is 2.00 bits per heavy atom. The van der Waals surface area contributed by atoms with Crippen LogP contribution in [0.25, 0.3) is 0 Å². The first-order valence-corrected chi connectivity index (χ1v) is 6.07. The number of hydrogen-bond donors (Lipinski definition) is 5. The van der Waals surface area contributed by atoms with E-state index in [4.69, 9.17) is 17.3 Å². The maximum atomic E-state index is 6.09. The molecule has 18 heavy (non-hydrogen) atoms. The molecule has 1 rings (SSSR count). The van der Waals surface area contributed by atoms with Crippen LogP contribution in [0, 0.1) is 0 Å². The number of nitrogen functional groups attached to an aromatic ring is 2. The Balaban J connectivity index is 3.16. The van der Waals surface area contributed by atoms with Gasteiger partial charge in [0.2, 0.25) is 0 Å². The summed E-state index contributed by atoms with van der Waals surface area (Å²) in [5.74, 6) is 7.02. The molecule has 0 fully saturated rings. The van der Waals surface area contributed by atoms with Crippen LogP contribution in [0.1, 0.15) is 50.8 Å². The molecule has 0 amide bonds. The fraction of sp³-hybridized carbons (Fsp3) is 0.500. The molecule has 8 N–H and O–H groups in total. The quantitative estimate of drug-likeness (QED) is 0.398. The Labute approximate surface area is 108 Å². The van der Waals surface area contributed by atoms with Gasteiger partial charge in [-0.25, -0.2) is 10.5 Å². The van der Waals surface area contributed by atoms with Crippen molar-refractivity contribution in [3.05, 3.63) is 29.2 Å². The van der Waals surface area contributed by atoms with Gasteiger partial charge in [-0.3, -0.25) is 5.53 Å². The first kappa shape index (κ1) is 14.2. The van der Waals surface area contributed by atoms with Crippen molar-refractivity contribution in [2.24, 2.45) is 11.6 Å². The van der Waals surface area contributed by atoms with Crippen molar-refractivity contribution in [2.45, 2.75) is 39.7 Å². The van der Waals surface area contributed by atoms with Gasteiger partial charge in [0.25, 0.3) is 0 Å². The molecule has 1 aromatic heterocycles. The zero-order valence-corrected chi connectivity index (χ0v) is 11.5. The van der Waals surface area contributed by atoms with Crippen molar-refractivity contribution < 1.29 is 0 Å². The minimum atomic E-state index is 0.0215. The number of nitrogens with two attached hydrogens (primary N) is 3. The molecule has 0 aliphatic rings. The van der Waals surface area contributed by atoms with Crippen LogP contribution in [0.15, 0.2) is 18.1 Å². The molecule has 0 spiro atoms. The molecule has 102 valence electrons. The largest absolute Gasteiger partial charge is 0.386 e. The third-order valence-corrected chi connectivity index (χ3v) is 3.00. The van der Waals surface area contributed by atoms with Crippen molar-refractivity contribution in [2.75, 3.05) is 11.3 Å². The van der Waals surface area contributed by atoms with E-state index in [2.05, 4.69) is 24.7 Å². The Hall–Kier alpha value is -1.82. The van der Waals surface area contributed by atoms with Crippen molar-refractivity contribution in [3.8, 4) is 0 Å². The molecule has 1 heterocycles. The molecule has 0 saturated carbocycles. The number of hydrazine groups is 1. The van der Waals surface area contributed by atoms with Crippen molar-refractivity contribution in [3.63, 3.8) is 0 Å². The van der Waals surface area contributed by atoms with Crippen LogP contribution in [-0.4, -0.2) is 4.68 Å². The fourth-order valence-electron chi connectivity index (χ4n) is 2.00. The molecule has 0 aliphatic carbocycles. The minimum absolute atomic E-state index is 0.0215. The highest BCUT2D eigenvalue weighted by molar-refractivity contribution is 5.51. The molecule has 1 aromatic rings. The summed E-state index contributed by atoms with van der Waals surface area (Å²) in [6.45, 7) is 8.14. The molecule has 1 unspecified atom stereocenters. The van der Waals surface area contributed by atoms with E-state index in [0.29, 0.717) is 17.6 Å². The summed E-state index contributed by atoms with van der Waals surface area (Å²) in [5.41, 5.74) is 16.6. The number of aromatic nitrogens is 1. The lowest BCUT2D eigenvalue weighted by atomic mass is 9.97. The third-order valence-electron chi connectivity index (χ3n) is 3.00. The fourth-order valence-corrected chi connectivity index (χ4v) is 2.00. The zero-order valence-electron chi connectivity index (χ0n) is 11.5. The predicted octanol–water partition coefficient (Wildman–Crippen LogP) is 1.08. The van der Waals surface area contributed by atoms with E-state index in [0.717, 1.165) is 11.1 Å². The molecular weight excluding hydrogens is 228 g/mol. The van der Waals surface area contributed by atoms with E-state index >= 15 is 0 Å². The Morgan fingerprint density at radius 1 is 1.39 bits per heavy atom. The molecule has 0 aromatic carbocycles. The maximum absolute atomic E-state index is 6.09. The van der Waals surface area contributed by atoms with E-state index in [1.165, 1.54) is 0 Å². The Kier molecular flexibility index (Phi) is 4.49. The number of rotatable bonds is 5. The highest BCUT2D eigenvalue weighted by atomic mass is 15.6. The zero-order chi connectivity index (χ0) is 13.9. The monoisotopic (exact) mass is 252 g/mol. The minimum Gasteiger partial charge on any atom is -0.386 e. The van der Waals surface area contributed by atoms with Crippen LogP contribution < -0.4 is 28.2 Å². The molecule has 0 bridgehead atoms. The number of anilines is 1. The van der Waals surface area contributed by atoms with Gasteiger partial charge in [-0.05, 0) is 31.4 Å². The van der Waals surface area contributed by atoms with E-state index in [1.807, 2.05) is 26.1 Å². The molecule has 0 radical (unpaired) electrons. The lowest BCUT2D eigenvalue weighted by Crippen LogP contribution is -2.26. The topological polar surface area (TPSA) is 107 Å². The third kappa shape index (κ3) is 2.70. The first-order chi connectivity index (χ1) is 8.42. The summed E-state index contributed by atoms with van der Waals surface area (Å²) >= 11 is 0. The van der Waals surface area contributed by atoms with Gasteiger partial charge < -0.3 is 16.8 Å². The van der Waals surface area contributed by atoms with Crippen LogP contribution in [0.5, 0.6) is 0 Å². The first-order valence-electron chi connectivity index (χ1n) is 6.07. The predicted molar refractivity (Wildman–Crippen MR) is 76.0 cm³/mol. The van der Waals surface area contributed by atoms with Crippen molar-refractivity contribution >= 4 is 5.82 Å². The normalized spacial score (nSPS) is 13.8. The second kappa shape index (κ2) is 5.68. The molecule has 1 atom stereocenters. The molecule has 0 aliphatic heterocycles. The van der Waals surface area contributed by atoms with Gasteiger partial charge in [0.15, 0.2) is 0 Å². The molecule has 6 nitrogen and oxygen atoms in total. The van der Waals surface area contributed by atoms with Gasteiger partial charge in [0.1, 0.15) is 5.82 Å². The van der Waals surface area contributed by atoms with E-state index in [1.54, 1.807) is 4.68 Å². The van der Waals surface area contributed by atoms with Crippen LogP contribution in [0.3, 0.4) is 0 Å². The average molecular weight is 252 g/mol. The van der Waals surface area contributed by atoms with Crippen LogP contribution >= 0.6 is 0 Å². The summed E-state index contributed by atoms with van der Waals surface area (Å²) in [7, 11) is 0. The summed E-state index contributed by atoms with van der Waals surface area (Å²) < 4.78 is 1.62. The highest BCUT2D eigenvalue weighted by Gasteiger charge is 2.20. The number of nitrogens with zero attached hydrogens (tertiary/aromatic N) is 1. The van der Waals surface area contributed by atoms with Gasteiger partial charge in [-0.2, -0.15) is 0 Å².